The molecule has 0 heterocycles. The molecule has 1 atom stereocenters. The summed E-state index contributed by atoms with van der Waals surface area (Å²) in [6.07, 6.45) is 0. The van der Waals surface area contributed by atoms with E-state index in [1.54, 1.807) is 21.3 Å². The van der Waals surface area contributed by atoms with Crippen LogP contribution in [0, 0.1) is 0 Å². The first-order valence-electron chi connectivity index (χ1n) is 9.59. The van der Waals surface area contributed by atoms with Gasteiger partial charge in [0.15, 0.2) is 5.96 Å². The van der Waals surface area contributed by atoms with Crippen LogP contribution in [0.15, 0.2) is 53.5 Å². The Morgan fingerprint density at radius 3 is 2.28 bits per heavy atom. The minimum absolute atomic E-state index is 0.180. The molecule has 2 aromatic rings. The third kappa shape index (κ3) is 7.19. The zero-order valence-corrected chi connectivity index (χ0v) is 17.9. The predicted octanol–water partition coefficient (Wildman–Crippen LogP) is 2.55. The van der Waals surface area contributed by atoms with Crippen molar-refractivity contribution in [3.8, 4) is 17.2 Å². The van der Waals surface area contributed by atoms with Crippen LogP contribution < -0.4 is 24.8 Å². The SMILES string of the molecule is CN=C(NCCOc1ccc(OC)cc1)NCC(c1cccc(OC)c1)N(C)C. The van der Waals surface area contributed by atoms with Crippen molar-refractivity contribution in [1.29, 1.82) is 0 Å². The largest absolute Gasteiger partial charge is 0.497 e. The van der Waals surface area contributed by atoms with Gasteiger partial charge in [0.2, 0.25) is 0 Å². The molecule has 7 nitrogen and oxygen atoms in total. The van der Waals surface area contributed by atoms with Crippen molar-refractivity contribution in [2.24, 2.45) is 4.99 Å². The van der Waals surface area contributed by atoms with Gasteiger partial charge in [-0.25, -0.2) is 0 Å². The lowest BCUT2D eigenvalue weighted by Crippen LogP contribution is -2.43. The summed E-state index contributed by atoms with van der Waals surface area (Å²) in [7, 11) is 9.21. The number of aliphatic imine (C=N–C) groups is 1. The van der Waals surface area contributed by atoms with Crippen LogP contribution in [0.25, 0.3) is 0 Å². The van der Waals surface area contributed by atoms with Crippen molar-refractivity contribution in [2.45, 2.75) is 6.04 Å². The molecule has 2 rings (SSSR count). The standard InChI is InChI=1S/C22H32N4O3/c1-23-22(24-13-14-29-19-11-9-18(27-4)10-12-19)25-16-21(26(2)3)17-7-6-8-20(15-17)28-5/h6-12,15,21H,13-14,16H2,1-5H3,(H2,23,24,25). The third-order valence-corrected chi connectivity index (χ3v) is 4.51. The van der Waals surface area contributed by atoms with Gasteiger partial charge in [0.05, 0.1) is 26.8 Å². The maximum atomic E-state index is 5.74. The molecule has 0 fully saturated rings. The predicted molar refractivity (Wildman–Crippen MR) is 117 cm³/mol. The lowest BCUT2D eigenvalue weighted by molar-refractivity contribution is 0.296. The maximum absolute atomic E-state index is 5.74. The second kappa shape index (κ2) is 11.8. The second-order valence-electron chi connectivity index (χ2n) is 6.66. The van der Waals surface area contributed by atoms with Gasteiger partial charge in [-0.05, 0) is 56.1 Å². The molecule has 0 aliphatic heterocycles. The van der Waals surface area contributed by atoms with E-state index < -0.39 is 0 Å². The van der Waals surface area contributed by atoms with Gasteiger partial charge in [-0.3, -0.25) is 4.99 Å². The molecule has 7 heteroatoms. The van der Waals surface area contributed by atoms with Gasteiger partial charge in [-0.1, -0.05) is 12.1 Å². The van der Waals surface area contributed by atoms with Crippen molar-refractivity contribution in [3.63, 3.8) is 0 Å². The molecule has 0 amide bonds. The van der Waals surface area contributed by atoms with E-state index in [1.165, 1.54) is 5.56 Å². The Morgan fingerprint density at radius 1 is 0.966 bits per heavy atom. The number of guanidine groups is 1. The highest BCUT2D eigenvalue weighted by Gasteiger charge is 2.15. The van der Waals surface area contributed by atoms with Crippen molar-refractivity contribution in [1.82, 2.24) is 15.5 Å². The van der Waals surface area contributed by atoms with Crippen LogP contribution >= 0.6 is 0 Å². The van der Waals surface area contributed by atoms with Crippen LogP contribution in [0.5, 0.6) is 17.2 Å². The first kappa shape index (κ1) is 22.4. The van der Waals surface area contributed by atoms with E-state index in [0.29, 0.717) is 19.7 Å². The van der Waals surface area contributed by atoms with Gasteiger partial charge < -0.3 is 29.7 Å². The van der Waals surface area contributed by atoms with Crippen molar-refractivity contribution in [2.75, 3.05) is 55.1 Å². The highest BCUT2D eigenvalue weighted by molar-refractivity contribution is 5.79. The lowest BCUT2D eigenvalue weighted by Gasteiger charge is -2.26. The van der Waals surface area contributed by atoms with Crippen molar-refractivity contribution < 1.29 is 14.2 Å². The first-order valence-corrected chi connectivity index (χ1v) is 9.59. The number of ether oxygens (including phenoxy) is 3. The van der Waals surface area contributed by atoms with Crippen LogP contribution in [-0.4, -0.2) is 65.9 Å². The van der Waals surface area contributed by atoms with Gasteiger partial charge in [0.1, 0.15) is 23.9 Å². The van der Waals surface area contributed by atoms with Crippen LogP contribution in [-0.2, 0) is 0 Å². The molecule has 1 unspecified atom stereocenters. The second-order valence-corrected chi connectivity index (χ2v) is 6.66. The number of hydrogen-bond acceptors (Lipinski definition) is 5. The third-order valence-electron chi connectivity index (χ3n) is 4.51. The van der Waals surface area contributed by atoms with Gasteiger partial charge >= 0.3 is 0 Å². The summed E-state index contributed by atoms with van der Waals surface area (Å²) in [5.74, 6) is 3.21. The van der Waals surface area contributed by atoms with Crippen molar-refractivity contribution >= 4 is 5.96 Å². The number of likely N-dealkylation sites (N-methyl/N-ethyl adjacent to an activating group) is 1. The Balaban J connectivity index is 1.81. The van der Waals surface area contributed by atoms with Gasteiger partial charge in [0, 0.05) is 13.6 Å². The molecule has 0 saturated carbocycles. The van der Waals surface area contributed by atoms with E-state index in [4.69, 9.17) is 14.2 Å². The Bertz CT molecular complexity index is 763. The number of methoxy groups -OCH3 is 2. The summed E-state index contributed by atoms with van der Waals surface area (Å²) < 4.78 is 16.2. The normalized spacial score (nSPS) is 12.4. The number of nitrogens with zero attached hydrogens (tertiary/aromatic N) is 2. The summed E-state index contributed by atoms with van der Waals surface area (Å²) in [5.41, 5.74) is 1.18. The Hall–Kier alpha value is -2.93. The van der Waals surface area contributed by atoms with Gasteiger partial charge in [-0.2, -0.15) is 0 Å². The highest BCUT2D eigenvalue weighted by Crippen LogP contribution is 2.22. The molecule has 0 saturated heterocycles. The number of hydrogen-bond donors (Lipinski definition) is 2. The topological polar surface area (TPSA) is 67.4 Å². The zero-order valence-electron chi connectivity index (χ0n) is 17.9. The summed E-state index contributed by atoms with van der Waals surface area (Å²) in [5, 5.41) is 6.66. The highest BCUT2D eigenvalue weighted by atomic mass is 16.5. The molecular weight excluding hydrogens is 368 g/mol. The lowest BCUT2D eigenvalue weighted by atomic mass is 10.1. The molecule has 0 spiro atoms. The molecule has 0 aliphatic carbocycles. The molecule has 0 radical (unpaired) electrons. The van der Waals surface area contributed by atoms with Crippen LogP contribution in [0.4, 0.5) is 0 Å². The number of rotatable bonds is 10. The van der Waals surface area contributed by atoms with Crippen LogP contribution in [0.2, 0.25) is 0 Å². The number of benzene rings is 2. The molecule has 2 aromatic carbocycles. The van der Waals surface area contributed by atoms with Crippen molar-refractivity contribution in [3.05, 3.63) is 54.1 Å². The molecule has 0 aliphatic rings. The Kier molecular flexibility index (Phi) is 9.11. The van der Waals surface area contributed by atoms with E-state index in [-0.39, 0.29) is 6.04 Å². The summed E-state index contributed by atoms with van der Waals surface area (Å²) in [4.78, 5) is 6.46. The molecule has 29 heavy (non-hydrogen) atoms. The molecule has 0 bridgehead atoms. The summed E-state index contributed by atoms with van der Waals surface area (Å²) in [6, 6.07) is 15.8. The average molecular weight is 401 g/mol. The van der Waals surface area contributed by atoms with Gasteiger partial charge in [-0.15, -0.1) is 0 Å². The average Bonchev–Trinajstić information content (AvgIpc) is 2.75. The van der Waals surface area contributed by atoms with Crippen LogP contribution in [0.3, 0.4) is 0 Å². The van der Waals surface area contributed by atoms with E-state index in [1.807, 2.05) is 36.4 Å². The summed E-state index contributed by atoms with van der Waals surface area (Å²) in [6.45, 7) is 1.87. The van der Waals surface area contributed by atoms with Gasteiger partial charge in [0.25, 0.3) is 0 Å². The van der Waals surface area contributed by atoms with Crippen LogP contribution in [0.1, 0.15) is 11.6 Å². The van der Waals surface area contributed by atoms with E-state index in [2.05, 4.69) is 46.8 Å². The molecule has 2 N–H and O–H groups in total. The maximum Gasteiger partial charge on any atom is 0.191 e. The Labute approximate surface area is 173 Å². The Morgan fingerprint density at radius 2 is 1.66 bits per heavy atom. The fraction of sp³-hybridized carbons (Fsp3) is 0.409. The quantitative estimate of drug-likeness (QED) is 0.363. The fourth-order valence-corrected chi connectivity index (χ4v) is 2.87. The first-order chi connectivity index (χ1) is 14.1. The molecular formula is C22H32N4O3. The van der Waals surface area contributed by atoms with E-state index >= 15 is 0 Å². The van der Waals surface area contributed by atoms with E-state index in [0.717, 1.165) is 23.2 Å². The fourth-order valence-electron chi connectivity index (χ4n) is 2.87. The summed E-state index contributed by atoms with van der Waals surface area (Å²) >= 11 is 0. The minimum Gasteiger partial charge on any atom is -0.497 e. The molecule has 158 valence electrons. The number of nitrogens with one attached hydrogen (secondary N) is 2. The smallest absolute Gasteiger partial charge is 0.191 e. The minimum atomic E-state index is 0.180. The monoisotopic (exact) mass is 400 g/mol. The zero-order chi connectivity index (χ0) is 21.1. The van der Waals surface area contributed by atoms with E-state index in [9.17, 15) is 0 Å². The molecule has 0 aromatic heterocycles.